The first-order valence-electron chi connectivity index (χ1n) is 6.05. The molecule has 0 atom stereocenters. The lowest BCUT2D eigenvalue weighted by Crippen LogP contribution is -2.36. The van der Waals surface area contributed by atoms with Crippen LogP contribution in [0.25, 0.3) is 0 Å². The maximum atomic E-state index is 12.4. The molecule has 0 aromatic heterocycles. The Hall–Kier alpha value is -0.910. The number of nitrogens with zero attached hydrogens (tertiary/aromatic N) is 1. The summed E-state index contributed by atoms with van der Waals surface area (Å²) in [6.07, 6.45) is 0. The fourth-order valence-electron chi connectivity index (χ4n) is 1.69. The van der Waals surface area contributed by atoms with Gasteiger partial charge >= 0.3 is 0 Å². The Morgan fingerprint density at radius 2 is 1.78 bits per heavy atom. The van der Waals surface area contributed by atoms with Gasteiger partial charge in [0.15, 0.2) is 0 Å². The lowest BCUT2D eigenvalue weighted by Gasteiger charge is -2.23. The van der Waals surface area contributed by atoms with E-state index in [4.69, 9.17) is 5.11 Å². The molecule has 0 aliphatic carbocycles. The van der Waals surface area contributed by atoms with E-state index >= 15 is 0 Å². The molecule has 0 spiro atoms. The lowest BCUT2D eigenvalue weighted by atomic mass is 10.2. The number of benzene rings is 1. The van der Waals surface area contributed by atoms with E-state index in [1.54, 1.807) is 24.3 Å². The highest BCUT2D eigenvalue weighted by Crippen LogP contribution is 2.17. The van der Waals surface area contributed by atoms with Crippen molar-refractivity contribution < 1.29 is 13.5 Å². The Bertz CT molecular complexity index is 466. The number of sulfonamides is 1. The average molecular weight is 271 g/mol. The van der Waals surface area contributed by atoms with Gasteiger partial charge in [-0.05, 0) is 25.0 Å². The molecule has 4 nitrogen and oxygen atoms in total. The molecule has 0 aliphatic rings. The largest absolute Gasteiger partial charge is 0.395 e. The van der Waals surface area contributed by atoms with E-state index < -0.39 is 10.0 Å². The summed E-state index contributed by atoms with van der Waals surface area (Å²) in [5.41, 5.74) is 1.02. The third-order valence-corrected chi connectivity index (χ3v) is 4.46. The third kappa shape index (κ3) is 3.80. The molecule has 0 fully saturated rings. The summed E-state index contributed by atoms with van der Waals surface area (Å²) >= 11 is 0. The van der Waals surface area contributed by atoms with Crippen LogP contribution in [-0.2, 0) is 10.0 Å². The van der Waals surface area contributed by atoms with Crippen molar-refractivity contribution in [3.63, 3.8) is 0 Å². The van der Waals surface area contributed by atoms with Gasteiger partial charge in [-0.1, -0.05) is 31.5 Å². The molecule has 0 saturated carbocycles. The van der Waals surface area contributed by atoms with Crippen molar-refractivity contribution in [2.75, 3.05) is 19.7 Å². The SMILES string of the molecule is Cc1ccc(S(=O)(=O)N(CCO)CC(C)C)cc1. The summed E-state index contributed by atoms with van der Waals surface area (Å²) < 4.78 is 26.1. The highest BCUT2D eigenvalue weighted by Gasteiger charge is 2.24. The Morgan fingerprint density at radius 3 is 2.22 bits per heavy atom. The van der Waals surface area contributed by atoms with Crippen LogP contribution in [0.3, 0.4) is 0 Å². The van der Waals surface area contributed by atoms with Crippen molar-refractivity contribution in [2.24, 2.45) is 5.92 Å². The molecule has 1 N–H and O–H groups in total. The quantitative estimate of drug-likeness (QED) is 0.855. The minimum atomic E-state index is -3.50. The minimum absolute atomic E-state index is 0.133. The second-order valence-electron chi connectivity index (χ2n) is 4.79. The molecule has 0 amide bonds. The predicted molar refractivity (Wildman–Crippen MR) is 71.9 cm³/mol. The van der Waals surface area contributed by atoms with Gasteiger partial charge in [-0.15, -0.1) is 0 Å². The van der Waals surface area contributed by atoms with Crippen LogP contribution in [0, 0.1) is 12.8 Å². The van der Waals surface area contributed by atoms with E-state index in [1.165, 1.54) is 4.31 Å². The summed E-state index contributed by atoms with van der Waals surface area (Å²) in [4.78, 5) is 0.280. The molecule has 0 heterocycles. The summed E-state index contributed by atoms with van der Waals surface area (Å²) in [7, 11) is -3.50. The highest BCUT2D eigenvalue weighted by atomic mass is 32.2. The normalized spacial score (nSPS) is 12.3. The van der Waals surface area contributed by atoms with Crippen molar-refractivity contribution in [3.05, 3.63) is 29.8 Å². The number of rotatable bonds is 6. The van der Waals surface area contributed by atoms with Crippen molar-refractivity contribution in [1.82, 2.24) is 4.31 Å². The van der Waals surface area contributed by atoms with Gasteiger partial charge in [0.05, 0.1) is 11.5 Å². The fourth-order valence-corrected chi connectivity index (χ4v) is 3.28. The number of aryl methyl sites for hydroxylation is 1. The molecule has 0 saturated heterocycles. The first kappa shape index (κ1) is 15.1. The smallest absolute Gasteiger partial charge is 0.243 e. The molecule has 0 radical (unpaired) electrons. The zero-order chi connectivity index (χ0) is 13.8. The number of hydrogen-bond acceptors (Lipinski definition) is 3. The van der Waals surface area contributed by atoms with Crippen molar-refractivity contribution in [1.29, 1.82) is 0 Å². The van der Waals surface area contributed by atoms with Gasteiger partial charge in [0.25, 0.3) is 0 Å². The first-order valence-corrected chi connectivity index (χ1v) is 7.49. The van der Waals surface area contributed by atoms with Crippen LogP contribution in [0.4, 0.5) is 0 Å². The van der Waals surface area contributed by atoms with Gasteiger partial charge in [0.1, 0.15) is 0 Å². The van der Waals surface area contributed by atoms with Crippen LogP contribution in [0.1, 0.15) is 19.4 Å². The van der Waals surface area contributed by atoms with Gasteiger partial charge < -0.3 is 5.11 Å². The van der Waals surface area contributed by atoms with E-state index in [2.05, 4.69) is 0 Å². The van der Waals surface area contributed by atoms with Crippen molar-refractivity contribution in [3.8, 4) is 0 Å². The van der Waals surface area contributed by atoms with E-state index in [0.717, 1.165) is 5.56 Å². The second-order valence-corrected chi connectivity index (χ2v) is 6.73. The van der Waals surface area contributed by atoms with Gasteiger partial charge in [-0.2, -0.15) is 4.31 Å². The summed E-state index contributed by atoms with van der Waals surface area (Å²) in [6, 6.07) is 6.77. The maximum absolute atomic E-state index is 12.4. The van der Waals surface area contributed by atoms with Crippen LogP contribution in [0.2, 0.25) is 0 Å². The molecule has 0 unspecified atom stereocenters. The molecule has 102 valence electrons. The molecule has 5 heteroatoms. The van der Waals surface area contributed by atoms with E-state index in [0.29, 0.717) is 6.54 Å². The lowest BCUT2D eigenvalue weighted by molar-refractivity contribution is 0.244. The topological polar surface area (TPSA) is 57.6 Å². The molecule has 1 aromatic rings. The maximum Gasteiger partial charge on any atom is 0.243 e. The van der Waals surface area contributed by atoms with Gasteiger partial charge in [0, 0.05) is 13.1 Å². The predicted octanol–water partition coefficient (Wildman–Crippen LogP) is 1.63. The summed E-state index contributed by atoms with van der Waals surface area (Å²) in [5.74, 6) is 0.219. The van der Waals surface area contributed by atoms with Crippen molar-refractivity contribution in [2.45, 2.75) is 25.7 Å². The second kappa shape index (κ2) is 6.31. The van der Waals surface area contributed by atoms with Gasteiger partial charge in [0.2, 0.25) is 10.0 Å². The molecule has 1 aromatic carbocycles. The summed E-state index contributed by atoms with van der Waals surface area (Å²) in [5, 5.41) is 9.00. The standard InChI is InChI=1S/C13H21NO3S/c1-11(2)10-14(8-9-15)18(16,17)13-6-4-12(3)5-7-13/h4-7,11,15H,8-10H2,1-3H3. The Kier molecular flexibility index (Phi) is 5.31. The average Bonchev–Trinajstić information content (AvgIpc) is 2.28. The molecular formula is C13H21NO3S. The third-order valence-electron chi connectivity index (χ3n) is 2.58. The molecular weight excluding hydrogens is 250 g/mol. The molecule has 0 bridgehead atoms. The monoisotopic (exact) mass is 271 g/mol. The van der Waals surface area contributed by atoms with Gasteiger partial charge in [-0.3, -0.25) is 0 Å². The molecule has 1 rings (SSSR count). The Morgan fingerprint density at radius 1 is 1.22 bits per heavy atom. The van der Waals surface area contributed by atoms with E-state index in [9.17, 15) is 8.42 Å². The summed E-state index contributed by atoms with van der Waals surface area (Å²) in [6.45, 7) is 6.20. The van der Waals surface area contributed by atoms with Crippen LogP contribution in [-0.4, -0.2) is 37.5 Å². The van der Waals surface area contributed by atoms with Crippen LogP contribution in [0.15, 0.2) is 29.2 Å². The Balaban J connectivity index is 3.04. The van der Waals surface area contributed by atoms with E-state index in [1.807, 2.05) is 20.8 Å². The number of aliphatic hydroxyl groups excluding tert-OH is 1. The first-order chi connectivity index (χ1) is 8.37. The highest BCUT2D eigenvalue weighted by molar-refractivity contribution is 7.89. The Labute approximate surface area is 109 Å². The fraction of sp³-hybridized carbons (Fsp3) is 0.538. The zero-order valence-corrected chi connectivity index (χ0v) is 11.9. The molecule has 18 heavy (non-hydrogen) atoms. The van der Waals surface area contributed by atoms with Crippen LogP contribution < -0.4 is 0 Å². The van der Waals surface area contributed by atoms with Crippen LogP contribution >= 0.6 is 0 Å². The zero-order valence-electron chi connectivity index (χ0n) is 11.1. The molecule has 0 aliphatic heterocycles. The van der Waals surface area contributed by atoms with Crippen LogP contribution in [0.5, 0.6) is 0 Å². The minimum Gasteiger partial charge on any atom is -0.395 e. The number of hydrogen-bond donors (Lipinski definition) is 1. The van der Waals surface area contributed by atoms with Gasteiger partial charge in [-0.25, -0.2) is 8.42 Å². The van der Waals surface area contributed by atoms with Crippen molar-refractivity contribution >= 4 is 10.0 Å². The number of aliphatic hydroxyl groups is 1. The van der Waals surface area contributed by atoms with E-state index in [-0.39, 0.29) is 24.0 Å².